The third kappa shape index (κ3) is 3.49. The van der Waals surface area contributed by atoms with Crippen LogP contribution < -0.4 is 5.32 Å². The molecule has 2 heterocycles. The van der Waals surface area contributed by atoms with Crippen LogP contribution in [-0.4, -0.2) is 31.6 Å². The van der Waals surface area contributed by atoms with E-state index in [0.717, 1.165) is 48.4 Å². The van der Waals surface area contributed by atoms with E-state index in [1.807, 2.05) is 24.7 Å². The minimum atomic E-state index is -0.163. The van der Waals surface area contributed by atoms with E-state index in [1.54, 1.807) is 0 Å². The van der Waals surface area contributed by atoms with Crippen molar-refractivity contribution >= 4 is 11.5 Å². The van der Waals surface area contributed by atoms with E-state index in [9.17, 15) is 5.11 Å². The zero-order valence-electron chi connectivity index (χ0n) is 16.2. The Balaban J connectivity index is 1.54. The zero-order valence-corrected chi connectivity index (χ0v) is 16.2. The summed E-state index contributed by atoms with van der Waals surface area (Å²) in [7, 11) is 0. The fraction of sp³-hybridized carbons (Fsp3) is 0.250. The van der Waals surface area contributed by atoms with Gasteiger partial charge < -0.3 is 10.4 Å². The van der Waals surface area contributed by atoms with Gasteiger partial charge in [-0.15, -0.1) is 0 Å². The Labute approximate surface area is 170 Å². The number of nitrogens with zero attached hydrogens (tertiary/aromatic N) is 3. The average Bonchev–Trinajstić information content (AvgIpc) is 3.27. The Morgan fingerprint density at radius 3 is 2.38 bits per heavy atom. The third-order valence-corrected chi connectivity index (χ3v) is 5.75. The van der Waals surface area contributed by atoms with Gasteiger partial charge in [-0.2, -0.15) is 0 Å². The summed E-state index contributed by atoms with van der Waals surface area (Å²) in [6.45, 7) is 0. The molecule has 5 rings (SSSR count). The Morgan fingerprint density at radius 1 is 0.862 bits per heavy atom. The van der Waals surface area contributed by atoms with Gasteiger partial charge in [-0.05, 0) is 36.8 Å². The minimum Gasteiger partial charge on any atom is -0.393 e. The van der Waals surface area contributed by atoms with Crippen molar-refractivity contribution in [2.45, 2.75) is 37.8 Å². The Kier molecular flexibility index (Phi) is 4.74. The van der Waals surface area contributed by atoms with Crippen molar-refractivity contribution in [1.29, 1.82) is 0 Å². The maximum absolute atomic E-state index is 9.75. The van der Waals surface area contributed by atoms with Gasteiger partial charge in [0, 0.05) is 24.0 Å². The summed E-state index contributed by atoms with van der Waals surface area (Å²) < 4.78 is 2.11. The number of aliphatic hydroxyl groups excluding tert-OH is 1. The van der Waals surface area contributed by atoms with Crippen LogP contribution in [0, 0.1) is 0 Å². The number of hydrogen-bond acceptors (Lipinski definition) is 4. The van der Waals surface area contributed by atoms with Crippen LogP contribution in [0.2, 0.25) is 0 Å². The number of imidazole rings is 1. The predicted octanol–water partition coefficient (Wildman–Crippen LogP) is 4.78. The fourth-order valence-corrected chi connectivity index (χ4v) is 4.21. The molecule has 1 aliphatic rings. The highest BCUT2D eigenvalue weighted by Crippen LogP contribution is 2.33. The Hall–Kier alpha value is -3.18. The van der Waals surface area contributed by atoms with Crippen LogP contribution >= 0.6 is 0 Å². The SMILES string of the molecule is OC1CCC(Nc2ncc(-c3ccccc3-c3ccccc3)n3ccnc23)CC1. The van der Waals surface area contributed by atoms with Crippen LogP contribution in [0.4, 0.5) is 5.82 Å². The molecule has 0 amide bonds. The van der Waals surface area contributed by atoms with Crippen molar-refractivity contribution in [2.75, 3.05) is 5.32 Å². The predicted molar refractivity (Wildman–Crippen MR) is 116 cm³/mol. The van der Waals surface area contributed by atoms with E-state index in [2.05, 4.69) is 63.2 Å². The second-order valence-corrected chi connectivity index (χ2v) is 7.67. The fourth-order valence-electron chi connectivity index (χ4n) is 4.21. The lowest BCUT2D eigenvalue weighted by Gasteiger charge is -2.26. The third-order valence-electron chi connectivity index (χ3n) is 5.75. The number of aliphatic hydroxyl groups is 1. The minimum absolute atomic E-state index is 0.163. The van der Waals surface area contributed by atoms with Gasteiger partial charge in [0.15, 0.2) is 11.5 Å². The first-order valence-electron chi connectivity index (χ1n) is 10.2. The van der Waals surface area contributed by atoms with Gasteiger partial charge in [-0.25, -0.2) is 9.97 Å². The van der Waals surface area contributed by atoms with Gasteiger partial charge in [0.25, 0.3) is 0 Å². The standard InChI is InChI=1S/C24H24N4O/c29-19-12-10-18(11-13-19)27-23-24-25-14-15-28(24)22(16-26-23)21-9-5-4-8-20(21)17-6-2-1-3-7-17/h1-9,14-16,18-19,29H,10-13H2,(H,26,27). The molecule has 0 saturated heterocycles. The van der Waals surface area contributed by atoms with E-state index < -0.39 is 0 Å². The van der Waals surface area contributed by atoms with Crippen LogP contribution in [0.15, 0.2) is 73.2 Å². The van der Waals surface area contributed by atoms with E-state index in [0.29, 0.717) is 6.04 Å². The van der Waals surface area contributed by atoms with E-state index in [4.69, 9.17) is 4.98 Å². The molecule has 0 unspecified atom stereocenters. The molecule has 0 aliphatic heterocycles. The van der Waals surface area contributed by atoms with Crippen molar-refractivity contribution in [3.05, 3.63) is 73.2 Å². The summed E-state index contributed by atoms with van der Waals surface area (Å²) in [6, 6.07) is 19.1. The molecular weight excluding hydrogens is 360 g/mol. The number of benzene rings is 2. The first-order valence-corrected chi connectivity index (χ1v) is 10.2. The van der Waals surface area contributed by atoms with Gasteiger partial charge in [0.05, 0.1) is 18.0 Å². The Bertz CT molecular complexity index is 1110. The van der Waals surface area contributed by atoms with Crippen LogP contribution in [0.3, 0.4) is 0 Å². The molecule has 0 bridgehead atoms. The molecule has 1 fully saturated rings. The topological polar surface area (TPSA) is 62.5 Å². The van der Waals surface area contributed by atoms with E-state index in [1.165, 1.54) is 11.1 Å². The molecule has 146 valence electrons. The summed E-state index contributed by atoms with van der Waals surface area (Å²) in [5.74, 6) is 0.803. The van der Waals surface area contributed by atoms with Crippen molar-refractivity contribution in [1.82, 2.24) is 14.4 Å². The highest BCUT2D eigenvalue weighted by atomic mass is 16.3. The quantitative estimate of drug-likeness (QED) is 0.532. The van der Waals surface area contributed by atoms with Crippen molar-refractivity contribution in [3.8, 4) is 22.4 Å². The average molecular weight is 384 g/mol. The molecule has 1 aliphatic carbocycles. The van der Waals surface area contributed by atoms with Crippen molar-refractivity contribution in [2.24, 2.45) is 0 Å². The molecule has 5 heteroatoms. The Morgan fingerprint density at radius 2 is 1.59 bits per heavy atom. The normalized spacial score (nSPS) is 19.3. The summed E-state index contributed by atoms with van der Waals surface area (Å²) in [6.07, 6.45) is 9.16. The van der Waals surface area contributed by atoms with Gasteiger partial charge in [0.2, 0.25) is 0 Å². The molecule has 0 radical (unpaired) electrons. The number of anilines is 1. The summed E-state index contributed by atoms with van der Waals surface area (Å²) in [5, 5.41) is 13.3. The lowest BCUT2D eigenvalue weighted by molar-refractivity contribution is 0.126. The summed E-state index contributed by atoms with van der Waals surface area (Å²) in [4.78, 5) is 9.32. The lowest BCUT2D eigenvalue weighted by Crippen LogP contribution is -2.28. The molecule has 5 nitrogen and oxygen atoms in total. The maximum atomic E-state index is 9.75. The molecule has 29 heavy (non-hydrogen) atoms. The zero-order chi connectivity index (χ0) is 19.6. The van der Waals surface area contributed by atoms with Gasteiger partial charge in [0.1, 0.15) is 0 Å². The molecule has 0 atom stereocenters. The van der Waals surface area contributed by atoms with Crippen LogP contribution in [-0.2, 0) is 0 Å². The second-order valence-electron chi connectivity index (χ2n) is 7.67. The van der Waals surface area contributed by atoms with Crippen molar-refractivity contribution < 1.29 is 5.11 Å². The molecule has 2 aromatic carbocycles. The number of nitrogens with one attached hydrogen (secondary N) is 1. The smallest absolute Gasteiger partial charge is 0.180 e. The van der Waals surface area contributed by atoms with E-state index in [-0.39, 0.29) is 6.10 Å². The monoisotopic (exact) mass is 384 g/mol. The first kappa shape index (κ1) is 17.9. The summed E-state index contributed by atoms with van der Waals surface area (Å²) in [5.41, 5.74) is 5.32. The maximum Gasteiger partial charge on any atom is 0.180 e. The molecule has 1 saturated carbocycles. The van der Waals surface area contributed by atoms with Crippen LogP contribution in [0.25, 0.3) is 28.0 Å². The van der Waals surface area contributed by atoms with Gasteiger partial charge in [-0.1, -0.05) is 54.6 Å². The van der Waals surface area contributed by atoms with Gasteiger partial charge >= 0.3 is 0 Å². The number of hydrogen-bond donors (Lipinski definition) is 2. The number of fused-ring (bicyclic) bond motifs is 1. The molecular formula is C24H24N4O. The molecule has 4 aromatic rings. The van der Waals surface area contributed by atoms with E-state index >= 15 is 0 Å². The van der Waals surface area contributed by atoms with Crippen LogP contribution in [0.5, 0.6) is 0 Å². The highest BCUT2D eigenvalue weighted by molar-refractivity contribution is 5.83. The van der Waals surface area contributed by atoms with Crippen LogP contribution in [0.1, 0.15) is 25.7 Å². The summed E-state index contributed by atoms with van der Waals surface area (Å²) >= 11 is 0. The molecule has 2 aromatic heterocycles. The van der Waals surface area contributed by atoms with Gasteiger partial charge in [-0.3, -0.25) is 4.40 Å². The number of aromatic nitrogens is 3. The highest BCUT2D eigenvalue weighted by Gasteiger charge is 2.21. The second kappa shape index (κ2) is 7.68. The molecule has 2 N–H and O–H groups in total. The molecule has 0 spiro atoms. The van der Waals surface area contributed by atoms with Crippen molar-refractivity contribution in [3.63, 3.8) is 0 Å². The number of rotatable bonds is 4. The lowest BCUT2D eigenvalue weighted by atomic mass is 9.93. The largest absolute Gasteiger partial charge is 0.393 e. The first-order chi connectivity index (χ1) is 14.3.